The summed E-state index contributed by atoms with van der Waals surface area (Å²) in [7, 11) is 0. The van der Waals surface area contributed by atoms with E-state index in [2.05, 4.69) is 17.2 Å². The Balaban J connectivity index is 4.06. The van der Waals surface area contributed by atoms with Gasteiger partial charge in [0.2, 0.25) is 11.8 Å². The highest BCUT2D eigenvalue weighted by molar-refractivity contribution is 5.87. The lowest BCUT2D eigenvalue weighted by Crippen LogP contribution is -2.26. The van der Waals surface area contributed by atoms with Gasteiger partial charge >= 0.3 is 0 Å². The number of likely N-dealkylation sites (N-methyl/N-ethyl adjacent to an activating group) is 1. The summed E-state index contributed by atoms with van der Waals surface area (Å²) < 4.78 is 0. The van der Waals surface area contributed by atoms with Gasteiger partial charge < -0.3 is 10.6 Å². The van der Waals surface area contributed by atoms with Gasteiger partial charge in [-0.25, -0.2) is 0 Å². The van der Waals surface area contributed by atoms with Crippen molar-refractivity contribution in [2.45, 2.75) is 27.2 Å². The van der Waals surface area contributed by atoms with Crippen LogP contribution in [-0.2, 0) is 9.59 Å². The quantitative estimate of drug-likeness (QED) is 0.659. The molecule has 0 saturated carbocycles. The first-order valence-corrected chi connectivity index (χ1v) is 5.78. The van der Waals surface area contributed by atoms with Crippen molar-refractivity contribution in [1.29, 1.82) is 0 Å². The maximum atomic E-state index is 11.2. The van der Waals surface area contributed by atoms with Crippen LogP contribution in [0.25, 0.3) is 0 Å². The van der Waals surface area contributed by atoms with E-state index in [4.69, 9.17) is 0 Å². The number of rotatable bonds is 7. The smallest absolute Gasteiger partial charge is 0.243 e. The fraction of sp³-hybridized carbons (Fsp3) is 0.538. The lowest BCUT2D eigenvalue weighted by Gasteiger charge is -2.19. The molecule has 4 nitrogen and oxygen atoms in total. The van der Waals surface area contributed by atoms with Crippen molar-refractivity contribution in [2.75, 3.05) is 13.1 Å². The molecule has 0 radical (unpaired) electrons. The minimum Gasteiger partial charge on any atom is -0.353 e. The van der Waals surface area contributed by atoms with E-state index in [-0.39, 0.29) is 17.2 Å². The topological polar surface area (TPSA) is 58.2 Å². The van der Waals surface area contributed by atoms with Crippen LogP contribution in [0.4, 0.5) is 0 Å². The summed E-state index contributed by atoms with van der Waals surface area (Å²) in [5.41, 5.74) is -0.125. The molecule has 0 aliphatic heterocycles. The van der Waals surface area contributed by atoms with E-state index in [0.29, 0.717) is 13.1 Å². The first-order chi connectivity index (χ1) is 7.91. The van der Waals surface area contributed by atoms with Crippen LogP contribution in [0.15, 0.2) is 24.8 Å². The molecular weight excluding hydrogens is 216 g/mol. The zero-order valence-electron chi connectivity index (χ0n) is 10.9. The summed E-state index contributed by atoms with van der Waals surface area (Å²) >= 11 is 0. The SMILES string of the molecule is C=CC(=O)NCCC(C)(C)/C=C/C(=O)NCC. The summed E-state index contributed by atoms with van der Waals surface area (Å²) in [6.45, 7) is 10.5. The molecule has 2 amide bonds. The van der Waals surface area contributed by atoms with Crippen molar-refractivity contribution >= 4 is 11.8 Å². The number of nitrogens with one attached hydrogen (secondary N) is 2. The van der Waals surface area contributed by atoms with Crippen molar-refractivity contribution in [2.24, 2.45) is 5.41 Å². The van der Waals surface area contributed by atoms with Crippen LogP contribution in [0, 0.1) is 5.41 Å². The number of amides is 2. The molecule has 0 aromatic heterocycles. The Bertz CT molecular complexity index is 307. The maximum absolute atomic E-state index is 11.2. The number of carbonyl (C=O) groups is 2. The van der Waals surface area contributed by atoms with Crippen molar-refractivity contribution in [1.82, 2.24) is 10.6 Å². The highest BCUT2D eigenvalue weighted by Crippen LogP contribution is 2.21. The predicted octanol–water partition coefficient (Wildman–Crippen LogP) is 1.40. The molecule has 0 saturated heterocycles. The second-order valence-corrected chi connectivity index (χ2v) is 4.46. The van der Waals surface area contributed by atoms with Crippen LogP contribution in [0.3, 0.4) is 0 Å². The van der Waals surface area contributed by atoms with Gasteiger partial charge in [-0.1, -0.05) is 26.5 Å². The van der Waals surface area contributed by atoms with E-state index in [1.54, 1.807) is 6.08 Å². The van der Waals surface area contributed by atoms with Crippen LogP contribution in [0.2, 0.25) is 0 Å². The third-order valence-corrected chi connectivity index (χ3v) is 2.29. The Hall–Kier alpha value is -1.58. The minimum absolute atomic E-state index is 0.0873. The fourth-order valence-corrected chi connectivity index (χ4v) is 1.20. The van der Waals surface area contributed by atoms with E-state index < -0.39 is 0 Å². The molecule has 0 aliphatic carbocycles. The second-order valence-electron chi connectivity index (χ2n) is 4.46. The van der Waals surface area contributed by atoms with Crippen molar-refractivity contribution in [3.8, 4) is 0 Å². The van der Waals surface area contributed by atoms with E-state index in [9.17, 15) is 9.59 Å². The molecule has 0 aromatic carbocycles. The lowest BCUT2D eigenvalue weighted by atomic mass is 9.89. The van der Waals surface area contributed by atoms with Gasteiger partial charge in [-0.15, -0.1) is 0 Å². The molecule has 0 aliphatic rings. The summed E-state index contributed by atoms with van der Waals surface area (Å²) in [6.07, 6.45) is 5.41. The molecule has 0 unspecified atom stereocenters. The maximum Gasteiger partial charge on any atom is 0.243 e. The summed E-state index contributed by atoms with van der Waals surface area (Å²) in [4.78, 5) is 22.2. The summed E-state index contributed by atoms with van der Waals surface area (Å²) in [6, 6.07) is 0. The molecular formula is C13H22N2O2. The van der Waals surface area contributed by atoms with Gasteiger partial charge in [0.1, 0.15) is 0 Å². The van der Waals surface area contributed by atoms with E-state index >= 15 is 0 Å². The molecule has 17 heavy (non-hydrogen) atoms. The van der Waals surface area contributed by atoms with Crippen LogP contribution in [0.5, 0.6) is 0 Å². The van der Waals surface area contributed by atoms with Gasteiger partial charge in [-0.2, -0.15) is 0 Å². The molecule has 4 heteroatoms. The zero-order chi connectivity index (χ0) is 13.3. The van der Waals surface area contributed by atoms with Crippen molar-refractivity contribution in [3.05, 3.63) is 24.8 Å². The second kappa shape index (κ2) is 7.65. The summed E-state index contributed by atoms with van der Waals surface area (Å²) in [5.74, 6) is -0.260. The van der Waals surface area contributed by atoms with Gasteiger partial charge in [-0.3, -0.25) is 9.59 Å². The van der Waals surface area contributed by atoms with Crippen LogP contribution in [-0.4, -0.2) is 24.9 Å². The molecule has 0 bridgehead atoms. The van der Waals surface area contributed by atoms with Gasteiger partial charge in [0, 0.05) is 13.1 Å². The predicted molar refractivity (Wildman–Crippen MR) is 69.4 cm³/mol. The van der Waals surface area contributed by atoms with Crippen molar-refractivity contribution in [3.63, 3.8) is 0 Å². The molecule has 0 aromatic rings. The van der Waals surface area contributed by atoms with E-state index in [1.807, 2.05) is 26.8 Å². The molecule has 2 N–H and O–H groups in total. The van der Waals surface area contributed by atoms with Crippen molar-refractivity contribution < 1.29 is 9.59 Å². The normalized spacial score (nSPS) is 11.2. The van der Waals surface area contributed by atoms with E-state index in [1.165, 1.54) is 6.08 Å². The third-order valence-electron chi connectivity index (χ3n) is 2.29. The largest absolute Gasteiger partial charge is 0.353 e. The Kier molecular flexibility index (Phi) is 6.94. The average molecular weight is 238 g/mol. The Morgan fingerprint density at radius 2 is 1.88 bits per heavy atom. The van der Waals surface area contributed by atoms with Gasteiger partial charge in [-0.05, 0) is 30.9 Å². The van der Waals surface area contributed by atoms with Crippen LogP contribution in [0.1, 0.15) is 27.2 Å². The molecule has 0 fully saturated rings. The minimum atomic E-state index is -0.173. The average Bonchev–Trinajstić information content (AvgIpc) is 2.26. The molecule has 0 atom stereocenters. The Morgan fingerprint density at radius 3 is 2.41 bits per heavy atom. The van der Waals surface area contributed by atoms with Gasteiger partial charge in [0.05, 0.1) is 0 Å². The number of hydrogen-bond acceptors (Lipinski definition) is 2. The monoisotopic (exact) mass is 238 g/mol. The lowest BCUT2D eigenvalue weighted by molar-refractivity contribution is -0.117. The number of carbonyl (C=O) groups excluding carboxylic acids is 2. The number of allylic oxidation sites excluding steroid dienone is 1. The molecule has 0 rings (SSSR count). The number of hydrogen-bond donors (Lipinski definition) is 2. The van der Waals surface area contributed by atoms with Crippen LogP contribution < -0.4 is 10.6 Å². The van der Waals surface area contributed by atoms with E-state index in [0.717, 1.165) is 6.42 Å². The molecule has 96 valence electrons. The highest BCUT2D eigenvalue weighted by Gasteiger charge is 2.14. The fourth-order valence-electron chi connectivity index (χ4n) is 1.20. The molecule has 0 heterocycles. The molecule has 0 spiro atoms. The Morgan fingerprint density at radius 1 is 1.24 bits per heavy atom. The highest BCUT2D eigenvalue weighted by atomic mass is 16.2. The zero-order valence-corrected chi connectivity index (χ0v) is 10.9. The Labute approximate surface area is 103 Å². The van der Waals surface area contributed by atoms with Gasteiger partial charge in [0.15, 0.2) is 0 Å². The van der Waals surface area contributed by atoms with Gasteiger partial charge in [0.25, 0.3) is 0 Å². The summed E-state index contributed by atoms with van der Waals surface area (Å²) in [5, 5.41) is 5.40. The first kappa shape index (κ1) is 15.4. The van der Waals surface area contributed by atoms with Crippen LogP contribution >= 0.6 is 0 Å². The first-order valence-electron chi connectivity index (χ1n) is 5.78. The third kappa shape index (κ3) is 8.25. The standard InChI is InChI=1S/C13H22N2O2/c1-5-11(16)15-10-9-13(3,4)8-7-12(17)14-6-2/h5,7-8H,1,6,9-10H2,2-4H3,(H,14,17)(H,15,16)/b8-7+.